The van der Waals surface area contributed by atoms with Gasteiger partial charge in [-0.05, 0) is 24.3 Å². The summed E-state index contributed by atoms with van der Waals surface area (Å²) in [5.41, 5.74) is 2.60. The molecule has 4 rings (SSSR count). The highest BCUT2D eigenvalue weighted by atomic mass is 32.2. The quantitative estimate of drug-likeness (QED) is 0.674. The van der Waals surface area contributed by atoms with Crippen molar-refractivity contribution in [3.8, 4) is 0 Å². The lowest BCUT2D eigenvalue weighted by molar-refractivity contribution is -0.124. The average Bonchev–Trinajstić information content (AvgIpc) is 3.03. The Morgan fingerprint density at radius 2 is 1.96 bits per heavy atom. The molecule has 0 saturated heterocycles. The minimum atomic E-state index is -0.425. The van der Waals surface area contributed by atoms with E-state index in [-0.39, 0.29) is 18.2 Å². The highest BCUT2D eigenvalue weighted by molar-refractivity contribution is 8.01. The van der Waals surface area contributed by atoms with Gasteiger partial charge in [-0.1, -0.05) is 24.3 Å². The number of carbonyl (C=O) groups is 2. The molecule has 0 saturated carbocycles. The van der Waals surface area contributed by atoms with Crippen LogP contribution in [-0.4, -0.2) is 27.0 Å². The van der Waals surface area contributed by atoms with Gasteiger partial charge >= 0.3 is 0 Å². The molecule has 1 aromatic heterocycles. The summed E-state index contributed by atoms with van der Waals surface area (Å²) >= 11 is 1.42. The van der Waals surface area contributed by atoms with E-state index in [1.807, 2.05) is 48.5 Å². The molecule has 25 heavy (non-hydrogen) atoms. The predicted octanol–water partition coefficient (Wildman–Crippen LogP) is 2.68. The topological polar surface area (TPSA) is 86.9 Å². The molecule has 2 amide bonds. The maximum Gasteiger partial charge on any atom is 0.238 e. The molecule has 0 bridgehead atoms. The van der Waals surface area contributed by atoms with Crippen LogP contribution in [0, 0.1) is 0 Å². The number of para-hydroxylation sites is 3. The van der Waals surface area contributed by atoms with Crippen LogP contribution < -0.4 is 10.6 Å². The summed E-state index contributed by atoms with van der Waals surface area (Å²) in [7, 11) is 0. The van der Waals surface area contributed by atoms with Gasteiger partial charge in [0.1, 0.15) is 5.82 Å². The first-order chi connectivity index (χ1) is 12.2. The average molecular weight is 352 g/mol. The van der Waals surface area contributed by atoms with Crippen LogP contribution in [0.15, 0.2) is 53.4 Å². The first-order valence-electron chi connectivity index (χ1n) is 7.96. The molecule has 7 heteroatoms. The fourth-order valence-electron chi connectivity index (χ4n) is 2.74. The first kappa shape index (κ1) is 15.7. The fraction of sp³-hybridized carbons (Fsp3) is 0.167. The Balaban J connectivity index is 1.36. The summed E-state index contributed by atoms with van der Waals surface area (Å²) in [5, 5.41) is 5.25. The van der Waals surface area contributed by atoms with E-state index in [2.05, 4.69) is 20.6 Å². The molecule has 0 spiro atoms. The van der Waals surface area contributed by atoms with Gasteiger partial charge in [0.2, 0.25) is 11.8 Å². The molecule has 0 aliphatic carbocycles. The maximum absolute atomic E-state index is 12.2. The summed E-state index contributed by atoms with van der Waals surface area (Å²) in [6.45, 7) is 0.309. The zero-order chi connectivity index (χ0) is 17.2. The number of hydrogen-bond donors (Lipinski definition) is 3. The first-order valence-corrected chi connectivity index (χ1v) is 8.84. The van der Waals surface area contributed by atoms with E-state index in [1.54, 1.807) is 0 Å². The van der Waals surface area contributed by atoms with Crippen molar-refractivity contribution in [1.29, 1.82) is 0 Å². The molecular formula is C18H16N4O2S. The number of fused-ring (bicyclic) bond motifs is 2. The van der Waals surface area contributed by atoms with E-state index in [0.29, 0.717) is 12.4 Å². The summed E-state index contributed by atoms with van der Waals surface area (Å²) in [5.74, 6) is 0.385. The van der Waals surface area contributed by atoms with Crippen LogP contribution >= 0.6 is 11.8 Å². The van der Waals surface area contributed by atoms with E-state index in [9.17, 15) is 9.59 Å². The zero-order valence-corrected chi connectivity index (χ0v) is 14.1. The van der Waals surface area contributed by atoms with Gasteiger partial charge in [0.15, 0.2) is 0 Å². The Kier molecular flexibility index (Phi) is 4.15. The van der Waals surface area contributed by atoms with E-state index in [4.69, 9.17) is 0 Å². The smallest absolute Gasteiger partial charge is 0.238 e. The van der Waals surface area contributed by atoms with Crippen molar-refractivity contribution in [3.05, 3.63) is 54.4 Å². The molecule has 1 aliphatic heterocycles. The number of amides is 2. The minimum absolute atomic E-state index is 0.130. The van der Waals surface area contributed by atoms with Crippen molar-refractivity contribution in [3.63, 3.8) is 0 Å². The molecule has 3 aromatic rings. The van der Waals surface area contributed by atoms with Crippen LogP contribution in [0.1, 0.15) is 12.2 Å². The third-order valence-corrected chi connectivity index (χ3v) is 5.24. The van der Waals surface area contributed by atoms with E-state index in [0.717, 1.165) is 21.6 Å². The summed E-state index contributed by atoms with van der Waals surface area (Å²) in [4.78, 5) is 32.9. The van der Waals surface area contributed by atoms with Gasteiger partial charge in [-0.15, -0.1) is 11.8 Å². The number of thioether (sulfide) groups is 1. The molecule has 0 unspecified atom stereocenters. The third kappa shape index (κ3) is 3.36. The highest BCUT2D eigenvalue weighted by Gasteiger charge is 2.28. The molecule has 2 heterocycles. The molecule has 1 atom stereocenters. The van der Waals surface area contributed by atoms with Crippen LogP contribution in [-0.2, 0) is 16.1 Å². The number of hydrogen-bond acceptors (Lipinski definition) is 4. The van der Waals surface area contributed by atoms with Crippen molar-refractivity contribution >= 4 is 40.3 Å². The van der Waals surface area contributed by atoms with Gasteiger partial charge in [-0.3, -0.25) is 9.59 Å². The van der Waals surface area contributed by atoms with Crippen LogP contribution in [0.2, 0.25) is 0 Å². The van der Waals surface area contributed by atoms with E-state index >= 15 is 0 Å². The highest BCUT2D eigenvalue weighted by Crippen LogP contribution is 2.36. The van der Waals surface area contributed by atoms with Crippen LogP contribution in [0.4, 0.5) is 5.69 Å². The van der Waals surface area contributed by atoms with E-state index < -0.39 is 5.25 Å². The van der Waals surface area contributed by atoms with Gasteiger partial charge < -0.3 is 15.6 Å². The van der Waals surface area contributed by atoms with Crippen LogP contribution in [0.3, 0.4) is 0 Å². The molecular weight excluding hydrogens is 336 g/mol. The minimum Gasteiger partial charge on any atom is -0.349 e. The predicted molar refractivity (Wildman–Crippen MR) is 97.3 cm³/mol. The fourth-order valence-corrected chi connectivity index (χ4v) is 3.85. The Bertz CT molecular complexity index is 920. The number of anilines is 1. The second-order valence-electron chi connectivity index (χ2n) is 5.77. The summed E-state index contributed by atoms with van der Waals surface area (Å²) in [6.07, 6.45) is 0.130. The Labute approximate surface area is 148 Å². The number of aromatic amines is 1. The number of rotatable bonds is 4. The number of imidazole rings is 1. The van der Waals surface area contributed by atoms with Crippen molar-refractivity contribution in [2.45, 2.75) is 23.1 Å². The van der Waals surface area contributed by atoms with Gasteiger partial charge in [0, 0.05) is 11.3 Å². The van der Waals surface area contributed by atoms with Crippen LogP contribution in [0.5, 0.6) is 0 Å². The number of carbonyl (C=O) groups excluding carboxylic acids is 2. The molecule has 1 aliphatic rings. The van der Waals surface area contributed by atoms with Crippen molar-refractivity contribution in [2.24, 2.45) is 0 Å². The van der Waals surface area contributed by atoms with Crippen molar-refractivity contribution < 1.29 is 9.59 Å². The number of nitrogens with one attached hydrogen (secondary N) is 3. The number of benzene rings is 2. The number of aromatic nitrogens is 2. The lowest BCUT2D eigenvalue weighted by Gasteiger charge is -2.23. The van der Waals surface area contributed by atoms with Gasteiger partial charge in [0.05, 0.1) is 28.5 Å². The standard InChI is InChI=1S/C18H16N4O2S/c23-17(19-10-16-20-11-5-1-2-6-12(11)21-16)9-15-18(24)22-13-7-3-4-8-14(13)25-15/h1-8,15H,9-10H2,(H,19,23)(H,20,21)(H,22,24)/t15-/m1/s1. The number of nitrogens with zero attached hydrogens (tertiary/aromatic N) is 1. The maximum atomic E-state index is 12.2. The second kappa shape index (κ2) is 6.60. The summed E-state index contributed by atoms with van der Waals surface area (Å²) < 4.78 is 0. The summed E-state index contributed by atoms with van der Waals surface area (Å²) in [6, 6.07) is 15.3. The Hall–Kier alpha value is -2.80. The molecule has 126 valence electrons. The normalized spacial score (nSPS) is 16.3. The van der Waals surface area contributed by atoms with Gasteiger partial charge in [-0.2, -0.15) is 0 Å². The van der Waals surface area contributed by atoms with Crippen molar-refractivity contribution in [1.82, 2.24) is 15.3 Å². The SMILES string of the molecule is O=C(C[C@H]1Sc2ccccc2NC1=O)NCc1nc2ccccc2[nH]1. The van der Waals surface area contributed by atoms with Crippen LogP contribution in [0.25, 0.3) is 11.0 Å². The molecule has 3 N–H and O–H groups in total. The lowest BCUT2D eigenvalue weighted by Crippen LogP contribution is -2.34. The monoisotopic (exact) mass is 352 g/mol. The van der Waals surface area contributed by atoms with Crippen molar-refractivity contribution in [2.75, 3.05) is 5.32 Å². The Morgan fingerprint density at radius 1 is 1.16 bits per heavy atom. The largest absolute Gasteiger partial charge is 0.349 e. The van der Waals surface area contributed by atoms with Gasteiger partial charge in [0.25, 0.3) is 0 Å². The van der Waals surface area contributed by atoms with Gasteiger partial charge in [-0.25, -0.2) is 4.98 Å². The van der Waals surface area contributed by atoms with E-state index in [1.165, 1.54) is 11.8 Å². The number of H-pyrrole nitrogens is 1. The molecule has 0 fully saturated rings. The molecule has 0 radical (unpaired) electrons. The molecule has 6 nitrogen and oxygen atoms in total. The Morgan fingerprint density at radius 3 is 2.84 bits per heavy atom. The third-order valence-electron chi connectivity index (χ3n) is 3.97. The lowest BCUT2D eigenvalue weighted by atomic mass is 10.2. The zero-order valence-electron chi connectivity index (χ0n) is 13.3. The molecule has 2 aromatic carbocycles. The second-order valence-corrected chi connectivity index (χ2v) is 7.02.